The van der Waals surface area contributed by atoms with E-state index in [4.69, 9.17) is 5.11 Å². The lowest BCUT2D eigenvalue weighted by Gasteiger charge is -2.05. The number of hydrogen-bond donors (Lipinski definition) is 1. The minimum absolute atomic E-state index is 0.0600. The zero-order chi connectivity index (χ0) is 14.5. The number of nitrogens with zero attached hydrogens (tertiary/aromatic N) is 3. The average molecular weight is 271 g/mol. The number of hydrogen-bond acceptors (Lipinski definition) is 3. The number of aryl methyl sites for hydroxylation is 1. The molecular weight excluding hydrogens is 254 g/mol. The summed E-state index contributed by atoms with van der Waals surface area (Å²) in [6.45, 7) is 4.23. The molecule has 5 heteroatoms. The first kappa shape index (κ1) is 14.0. The summed E-state index contributed by atoms with van der Waals surface area (Å²) in [5.74, 6) is -0.192. The van der Waals surface area contributed by atoms with Gasteiger partial charge in [0.05, 0.1) is 18.7 Å². The van der Waals surface area contributed by atoms with E-state index in [1.807, 2.05) is 43.3 Å². The van der Waals surface area contributed by atoms with Gasteiger partial charge in [0, 0.05) is 11.8 Å². The summed E-state index contributed by atoms with van der Waals surface area (Å²) >= 11 is 0. The van der Waals surface area contributed by atoms with E-state index in [0.29, 0.717) is 18.1 Å². The molecule has 0 saturated carbocycles. The molecular formula is C15H17N3O2. The number of aliphatic imine (C=N–C) groups is 1. The van der Waals surface area contributed by atoms with E-state index in [9.17, 15) is 4.79 Å². The Balaban J connectivity index is 2.24. The fraction of sp³-hybridized carbons (Fsp3) is 0.267. The van der Waals surface area contributed by atoms with Gasteiger partial charge in [-0.25, -0.2) is 9.67 Å². The van der Waals surface area contributed by atoms with Crippen LogP contribution < -0.4 is 0 Å². The van der Waals surface area contributed by atoms with Crippen molar-refractivity contribution < 1.29 is 9.90 Å². The molecule has 20 heavy (non-hydrogen) atoms. The summed E-state index contributed by atoms with van der Waals surface area (Å²) in [4.78, 5) is 15.0. The van der Waals surface area contributed by atoms with Crippen molar-refractivity contribution in [2.75, 3.05) is 0 Å². The molecule has 1 N–H and O–H groups in total. The highest BCUT2D eigenvalue weighted by Gasteiger charge is 2.07. The van der Waals surface area contributed by atoms with Gasteiger partial charge in [-0.2, -0.15) is 5.10 Å². The quantitative estimate of drug-likeness (QED) is 0.850. The van der Waals surface area contributed by atoms with E-state index < -0.39 is 5.97 Å². The zero-order valence-electron chi connectivity index (χ0n) is 11.6. The number of carboxylic acid groups (broad SMARTS) is 1. The number of rotatable bonds is 5. The monoisotopic (exact) mass is 271 g/mol. The first-order chi connectivity index (χ1) is 9.54. The van der Waals surface area contributed by atoms with Crippen molar-refractivity contribution in [2.45, 2.75) is 26.8 Å². The molecule has 0 fully saturated rings. The molecule has 104 valence electrons. The van der Waals surface area contributed by atoms with Gasteiger partial charge in [-0.1, -0.05) is 30.3 Å². The van der Waals surface area contributed by atoms with Crippen LogP contribution in [0.3, 0.4) is 0 Å². The SMILES string of the molecule is CC(CC(=O)O)=Nc1cc(C)nn1Cc1ccccc1. The van der Waals surface area contributed by atoms with E-state index in [1.54, 1.807) is 11.6 Å². The van der Waals surface area contributed by atoms with Gasteiger partial charge in [-0.15, -0.1) is 0 Å². The molecule has 1 heterocycles. The summed E-state index contributed by atoms with van der Waals surface area (Å²) in [5.41, 5.74) is 2.55. The molecule has 2 rings (SSSR count). The Kier molecular flexibility index (Phi) is 4.30. The fourth-order valence-electron chi connectivity index (χ4n) is 1.95. The van der Waals surface area contributed by atoms with Gasteiger partial charge in [0.1, 0.15) is 0 Å². The van der Waals surface area contributed by atoms with Gasteiger partial charge in [-0.05, 0) is 19.4 Å². The van der Waals surface area contributed by atoms with Crippen molar-refractivity contribution in [3.8, 4) is 0 Å². The molecule has 0 spiro atoms. The Hall–Kier alpha value is -2.43. The topological polar surface area (TPSA) is 67.5 Å². The minimum Gasteiger partial charge on any atom is -0.481 e. The average Bonchev–Trinajstić information content (AvgIpc) is 2.69. The van der Waals surface area contributed by atoms with Crippen LogP contribution in [0.1, 0.15) is 24.6 Å². The van der Waals surface area contributed by atoms with Crippen LogP contribution in [0.5, 0.6) is 0 Å². The highest BCUT2D eigenvalue weighted by molar-refractivity contribution is 5.97. The minimum atomic E-state index is -0.878. The molecule has 0 saturated heterocycles. The highest BCUT2D eigenvalue weighted by Crippen LogP contribution is 2.17. The molecule has 0 aliphatic rings. The van der Waals surface area contributed by atoms with Gasteiger partial charge in [0.15, 0.2) is 5.82 Å². The van der Waals surface area contributed by atoms with Crippen LogP contribution in [-0.4, -0.2) is 26.6 Å². The number of carbonyl (C=O) groups is 1. The maximum atomic E-state index is 10.7. The van der Waals surface area contributed by atoms with Crippen LogP contribution in [-0.2, 0) is 11.3 Å². The first-order valence-electron chi connectivity index (χ1n) is 6.39. The van der Waals surface area contributed by atoms with Crippen LogP contribution in [0, 0.1) is 6.92 Å². The van der Waals surface area contributed by atoms with Crippen molar-refractivity contribution in [1.29, 1.82) is 0 Å². The normalized spacial score (nSPS) is 11.6. The summed E-state index contributed by atoms with van der Waals surface area (Å²) in [7, 11) is 0. The van der Waals surface area contributed by atoms with Gasteiger partial charge in [-0.3, -0.25) is 4.79 Å². The summed E-state index contributed by atoms with van der Waals surface area (Å²) < 4.78 is 1.79. The van der Waals surface area contributed by atoms with E-state index in [2.05, 4.69) is 10.1 Å². The molecule has 0 bridgehead atoms. The second-order valence-electron chi connectivity index (χ2n) is 4.70. The van der Waals surface area contributed by atoms with Crippen molar-refractivity contribution in [3.05, 3.63) is 47.7 Å². The Morgan fingerprint density at radius 1 is 1.35 bits per heavy atom. The number of benzene rings is 1. The van der Waals surface area contributed by atoms with Crippen molar-refractivity contribution in [3.63, 3.8) is 0 Å². The molecule has 0 aliphatic carbocycles. The molecule has 5 nitrogen and oxygen atoms in total. The maximum absolute atomic E-state index is 10.7. The Morgan fingerprint density at radius 2 is 2.05 bits per heavy atom. The van der Waals surface area contributed by atoms with E-state index in [1.165, 1.54) is 0 Å². The van der Waals surface area contributed by atoms with Crippen LogP contribution in [0.25, 0.3) is 0 Å². The summed E-state index contributed by atoms with van der Waals surface area (Å²) in [6.07, 6.45) is -0.0600. The van der Waals surface area contributed by atoms with Crippen molar-refractivity contribution in [1.82, 2.24) is 9.78 Å². The Labute approximate surface area is 117 Å². The smallest absolute Gasteiger partial charge is 0.309 e. The van der Waals surface area contributed by atoms with E-state index >= 15 is 0 Å². The van der Waals surface area contributed by atoms with Crippen LogP contribution in [0.2, 0.25) is 0 Å². The second-order valence-corrected chi connectivity index (χ2v) is 4.70. The van der Waals surface area contributed by atoms with Gasteiger partial charge in [0.25, 0.3) is 0 Å². The number of aliphatic carboxylic acids is 1. The summed E-state index contributed by atoms with van der Waals surface area (Å²) in [5, 5.41) is 13.2. The predicted octanol–water partition coefficient (Wildman–Crippen LogP) is 2.81. The number of aromatic nitrogens is 2. The molecule has 1 aromatic carbocycles. The van der Waals surface area contributed by atoms with Crippen molar-refractivity contribution >= 4 is 17.5 Å². The largest absolute Gasteiger partial charge is 0.481 e. The molecule has 0 aliphatic heterocycles. The third kappa shape index (κ3) is 3.78. The fourth-order valence-corrected chi connectivity index (χ4v) is 1.95. The Morgan fingerprint density at radius 3 is 2.70 bits per heavy atom. The van der Waals surface area contributed by atoms with E-state index in [-0.39, 0.29) is 6.42 Å². The predicted molar refractivity (Wildman–Crippen MR) is 77.5 cm³/mol. The molecule has 0 amide bonds. The highest BCUT2D eigenvalue weighted by atomic mass is 16.4. The Bertz CT molecular complexity index is 630. The molecule has 0 unspecified atom stereocenters. The van der Waals surface area contributed by atoms with Crippen LogP contribution in [0.15, 0.2) is 41.4 Å². The maximum Gasteiger partial charge on any atom is 0.309 e. The van der Waals surface area contributed by atoms with E-state index in [0.717, 1.165) is 11.3 Å². The lowest BCUT2D eigenvalue weighted by Crippen LogP contribution is -2.05. The molecule has 0 radical (unpaired) electrons. The third-order valence-corrected chi connectivity index (χ3v) is 2.77. The van der Waals surface area contributed by atoms with Gasteiger partial charge in [0.2, 0.25) is 0 Å². The van der Waals surface area contributed by atoms with Crippen molar-refractivity contribution in [2.24, 2.45) is 4.99 Å². The van der Waals surface area contributed by atoms with Gasteiger partial charge < -0.3 is 5.11 Å². The number of carboxylic acids is 1. The lowest BCUT2D eigenvalue weighted by molar-refractivity contribution is -0.135. The van der Waals surface area contributed by atoms with Gasteiger partial charge >= 0.3 is 5.97 Å². The standard InChI is InChI=1S/C15H17N3O2/c1-11(9-15(19)20)16-14-8-12(2)17-18(14)10-13-6-4-3-5-7-13/h3-8H,9-10H2,1-2H3,(H,19,20). The second kappa shape index (κ2) is 6.14. The zero-order valence-corrected chi connectivity index (χ0v) is 11.6. The first-order valence-corrected chi connectivity index (χ1v) is 6.39. The van der Waals surface area contributed by atoms with Crippen LogP contribution >= 0.6 is 0 Å². The lowest BCUT2D eigenvalue weighted by atomic mass is 10.2. The molecule has 1 aromatic heterocycles. The van der Waals surface area contributed by atoms with Crippen LogP contribution in [0.4, 0.5) is 5.82 Å². The summed E-state index contributed by atoms with van der Waals surface area (Å²) in [6, 6.07) is 11.8. The third-order valence-electron chi connectivity index (χ3n) is 2.77. The molecule has 2 aromatic rings. The molecule has 0 atom stereocenters.